The summed E-state index contributed by atoms with van der Waals surface area (Å²) in [6.45, 7) is 3.17. The van der Waals surface area contributed by atoms with Gasteiger partial charge in [0.15, 0.2) is 5.94 Å². The monoisotopic (exact) mass is 143 g/mol. The van der Waals surface area contributed by atoms with E-state index >= 15 is 0 Å². The number of thiocyanates is 1. The molecule has 4 heteroatoms. The van der Waals surface area contributed by atoms with Crippen molar-refractivity contribution in [1.29, 1.82) is 5.26 Å². The maximum Gasteiger partial charge on any atom is 0.331 e. The van der Waals surface area contributed by atoms with Gasteiger partial charge in [-0.3, -0.25) is 0 Å². The molecule has 0 spiro atoms. The highest BCUT2D eigenvalue weighted by atomic mass is 32.2. The third-order valence-electron chi connectivity index (χ3n) is 0.491. The number of carbonyl (C=O) groups excluding carboxylic acids is 1. The Hall–Kier alpha value is -0.950. The molecule has 0 aromatic heterocycles. The molecule has 0 heterocycles. The number of hydrogen-bond acceptors (Lipinski definition) is 4. The smallest absolute Gasteiger partial charge is 0.331 e. The summed E-state index contributed by atoms with van der Waals surface area (Å²) in [4.78, 5) is 10.2. The van der Waals surface area contributed by atoms with E-state index in [1.54, 1.807) is 5.40 Å². The van der Waals surface area contributed by atoms with Crippen LogP contribution in [0.1, 0.15) is 0 Å². The molecule has 0 unspecified atom stereocenters. The molecule has 0 N–H and O–H groups in total. The van der Waals surface area contributed by atoms with E-state index in [0.717, 1.165) is 17.8 Å². The normalized spacial score (nSPS) is 7.44. The molecule has 0 saturated carbocycles. The van der Waals surface area contributed by atoms with Crippen molar-refractivity contribution in [2.45, 2.75) is 0 Å². The lowest BCUT2D eigenvalue weighted by Crippen LogP contribution is -1.97. The van der Waals surface area contributed by atoms with Gasteiger partial charge in [-0.05, 0) is 11.8 Å². The van der Waals surface area contributed by atoms with Crippen molar-refractivity contribution in [2.75, 3.05) is 5.94 Å². The number of carbonyl (C=O) groups is 1. The Morgan fingerprint density at radius 3 is 3.11 bits per heavy atom. The summed E-state index contributed by atoms with van der Waals surface area (Å²) in [7, 11) is 0. The van der Waals surface area contributed by atoms with Crippen LogP contribution in [0.3, 0.4) is 0 Å². The quantitative estimate of drug-likeness (QED) is 0.193. The molecule has 0 aliphatic carbocycles. The number of hydrogen-bond donors (Lipinski definition) is 0. The number of nitrogens with zero attached hydrogens (tertiary/aromatic N) is 1. The van der Waals surface area contributed by atoms with E-state index in [9.17, 15) is 4.79 Å². The topological polar surface area (TPSA) is 50.1 Å². The zero-order chi connectivity index (χ0) is 7.11. The van der Waals surface area contributed by atoms with Crippen molar-refractivity contribution in [1.82, 2.24) is 0 Å². The van der Waals surface area contributed by atoms with Crippen molar-refractivity contribution < 1.29 is 9.53 Å². The number of ether oxygens (including phenoxy) is 1. The Labute approximate surface area is 57.3 Å². The predicted molar refractivity (Wildman–Crippen MR) is 34.4 cm³/mol. The van der Waals surface area contributed by atoms with E-state index in [1.165, 1.54) is 0 Å². The SMILES string of the molecule is C=CC(=O)OCSC#N. The predicted octanol–water partition coefficient (Wildman–Crippen LogP) is 0.887. The maximum atomic E-state index is 10.2. The summed E-state index contributed by atoms with van der Waals surface area (Å²) in [5, 5.41) is 9.70. The molecule has 0 atom stereocenters. The minimum atomic E-state index is -0.502. The molecule has 0 aromatic rings. The third-order valence-corrected chi connectivity index (χ3v) is 0.856. The third kappa shape index (κ3) is 4.91. The van der Waals surface area contributed by atoms with Crippen LogP contribution in [-0.4, -0.2) is 11.9 Å². The molecule has 0 saturated heterocycles. The lowest BCUT2D eigenvalue weighted by molar-refractivity contribution is -0.135. The fourth-order valence-corrected chi connectivity index (χ4v) is 0.401. The zero-order valence-corrected chi connectivity index (χ0v) is 5.48. The van der Waals surface area contributed by atoms with Gasteiger partial charge in [0, 0.05) is 6.08 Å². The van der Waals surface area contributed by atoms with Crippen molar-refractivity contribution in [3.8, 4) is 5.40 Å². The van der Waals surface area contributed by atoms with Gasteiger partial charge in [0.1, 0.15) is 5.40 Å². The molecule has 0 aliphatic heterocycles. The van der Waals surface area contributed by atoms with Crippen molar-refractivity contribution in [3.05, 3.63) is 12.7 Å². The van der Waals surface area contributed by atoms with Gasteiger partial charge in [-0.15, -0.1) is 0 Å². The van der Waals surface area contributed by atoms with Crippen LogP contribution < -0.4 is 0 Å². The first-order valence-corrected chi connectivity index (χ1v) is 3.10. The summed E-state index contributed by atoms with van der Waals surface area (Å²) in [6.07, 6.45) is 1.05. The molecule has 0 aromatic carbocycles. The molecular weight excluding hydrogens is 138 g/mol. The summed E-state index contributed by atoms with van der Waals surface area (Å²) in [6, 6.07) is 0. The van der Waals surface area contributed by atoms with Crippen LogP contribution in [0.25, 0.3) is 0 Å². The van der Waals surface area contributed by atoms with Gasteiger partial charge < -0.3 is 4.74 Å². The molecule has 0 aliphatic rings. The molecule has 0 amide bonds. The summed E-state index contributed by atoms with van der Waals surface area (Å²) in [5.74, 6) is -0.431. The number of nitriles is 1. The zero-order valence-electron chi connectivity index (χ0n) is 4.66. The van der Waals surface area contributed by atoms with Crippen molar-refractivity contribution >= 4 is 17.7 Å². The molecular formula is C5H5NO2S. The minimum absolute atomic E-state index is 0.0708. The van der Waals surface area contributed by atoms with E-state index in [1.807, 2.05) is 0 Å². The summed E-state index contributed by atoms with van der Waals surface area (Å²) in [5.41, 5.74) is 0. The second-order valence-electron chi connectivity index (χ2n) is 1.02. The Balaban J connectivity index is 3.19. The molecule has 0 radical (unpaired) electrons. The summed E-state index contributed by atoms with van der Waals surface area (Å²) >= 11 is 0.867. The lowest BCUT2D eigenvalue weighted by Gasteiger charge is -1.92. The van der Waals surface area contributed by atoms with Crippen molar-refractivity contribution in [2.24, 2.45) is 0 Å². The van der Waals surface area contributed by atoms with Crippen LogP contribution in [0.2, 0.25) is 0 Å². The van der Waals surface area contributed by atoms with Gasteiger partial charge in [0.25, 0.3) is 0 Å². The van der Waals surface area contributed by atoms with E-state index in [0.29, 0.717) is 0 Å². The van der Waals surface area contributed by atoms with Gasteiger partial charge >= 0.3 is 5.97 Å². The van der Waals surface area contributed by atoms with Crippen LogP contribution in [0, 0.1) is 10.7 Å². The first-order chi connectivity index (χ1) is 4.31. The van der Waals surface area contributed by atoms with Crippen LogP contribution in [0.4, 0.5) is 0 Å². The first-order valence-electron chi connectivity index (χ1n) is 2.11. The van der Waals surface area contributed by atoms with Crippen molar-refractivity contribution in [3.63, 3.8) is 0 Å². The van der Waals surface area contributed by atoms with Gasteiger partial charge in [0.2, 0.25) is 0 Å². The van der Waals surface area contributed by atoms with Crippen LogP contribution >= 0.6 is 11.8 Å². The van der Waals surface area contributed by atoms with Gasteiger partial charge in [-0.1, -0.05) is 6.58 Å². The molecule has 0 bridgehead atoms. The molecule has 0 rings (SSSR count). The molecule has 9 heavy (non-hydrogen) atoms. The maximum absolute atomic E-state index is 10.2. The Kier molecular flexibility index (Phi) is 4.64. The van der Waals surface area contributed by atoms with Crippen LogP contribution in [0.15, 0.2) is 12.7 Å². The van der Waals surface area contributed by atoms with Gasteiger partial charge in [0.05, 0.1) is 0 Å². The Morgan fingerprint density at radius 2 is 2.67 bits per heavy atom. The van der Waals surface area contributed by atoms with E-state index < -0.39 is 5.97 Å². The Morgan fingerprint density at radius 1 is 2.00 bits per heavy atom. The Bertz CT molecular complexity index is 150. The van der Waals surface area contributed by atoms with E-state index in [2.05, 4.69) is 11.3 Å². The second-order valence-corrected chi connectivity index (χ2v) is 1.73. The van der Waals surface area contributed by atoms with Crippen LogP contribution in [0.5, 0.6) is 0 Å². The highest BCUT2D eigenvalue weighted by molar-refractivity contribution is 8.03. The number of thioether (sulfide) groups is 1. The largest absolute Gasteiger partial charge is 0.450 e. The molecule has 48 valence electrons. The highest BCUT2D eigenvalue weighted by Crippen LogP contribution is 1.95. The number of esters is 1. The average molecular weight is 143 g/mol. The van der Waals surface area contributed by atoms with E-state index in [-0.39, 0.29) is 5.94 Å². The summed E-state index contributed by atoms with van der Waals surface area (Å²) < 4.78 is 4.42. The standard InChI is InChI=1S/C5H5NO2S/c1-2-5(7)8-4-9-3-6/h2H,1,4H2. The highest BCUT2D eigenvalue weighted by Gasteiger charge is 1.91. The minimum Gasteiger partial charge on any atom is -0.450 e. The fourth-order valence-electron chi connectivity index (χ4n) is 0.173. The van der Waals surface area contributed by atoms with Gasteiger partial charge in [-0.2, -0.15) is 5.26 Å². The lowest BCUT2D eigenvalue weighted by atomic mass is 10.7. The number of rotatable bonds is 3. The fraction of sp³-hybridized carbons (Fsp3) is 0.200. The first kappa shape index (κ1) is 8.05. The van der Waals surface area contributed by atoms with Gasteiger partial charge in [-0.25, -0.2) is 4.79 Å². The van der Waals surface area contributed by atoms with Crippen LogP contribution in [-0.2, 0) is 9.53 Å². The van der Waals surface area contributed by atoms with E-state index in [4.69, 9.17) is 5.26 Å². The second kappa shape index (κ2) is 5.19. The molecule has 3 nitrogen and oxygen atoms in total. The average Bonchev–Trinajstić information content (AvgIpc) is 1.89. The molecule has 0 fully saturated rings.